The maximum Gasteiger partial charge on any atom is 0.338 e. The van der Waals surface area contributed by atoms with Gasteiger partial charge in [0, 0.05) is 26.2 Å². The van der Waals surface area contributed by atoms with Gasteiger partial charge in [0.15, 0.2) is 6.10 Å². The first kappa shape index (κ1) is 25.2. The van der Waals surface area contributed by atoms with Gasteiger partial charge in [-0.05, 0) is 63.8 Å². The topological polar surface area (TPSA) is 110 Å². The fraction of sp³-hybridized carbons (Fsp3) is 0.609. The molecule has 182 valence electrons. The largest absolute Gasteiger partial charge is 0.466 e. The lowest BCUT2D eigenvalue weighted by Gasteiger charge is -2.32. The van der Waals surface area contributed by atoms with Gasteiger partial charge in [0.2, 0.25) is 10.0 Å². The lowest BCUT2D eigenvalue weighted by Crippen LogP contribution is -2.45. The molecule has 0 aliphatic carbocycles. The molecule has 0 aromatic heterocycles. The second-order valence-electron chi connectivity index (χ2n) is 8.39. The molecule has 1 aromatic carbocycles. The third kappa shape index (κ3) is 6.11. The molecule has 10 heteroatoms. The summed E-state index contributed by atoms with van der Waals surface area (Å²) in [6, 6.07) is 5.60. The number of benzene rings is 1. The maximum absolute atomic E-state index is 12.7. The van der Waals surface area contributed by atoms with Gasteiger partial charge in [-0.25, -0.2) is 13.2 Å². The number of rotatable bonds is 7. The molecule has 0 saturated carbocycles. The normalized spacial score (nSPS) is 19.0. The predicted octanol–water partition coefficient (Wildman–Crippen LogP) is 2.21. The second-order valence-corrected chi connectivity index (χ2v) is 10.3. The number of piperidine rings is 2. The van der Waals surface area contributed by atoms with E-state index in [0.29, 0.717) is 45.6 Å². The van der Waals surface area contributed by atoms with Crippen LogP contribution in [0.3, 0.4) is 0 Å². The van der Waals surface area contributed by atoms with E-state index < -0.39 is 22.1 Å². The summed E-state index contributed by atoms with van der Waals surface area (Å²) < 4.78 is 37.3. The summed E-state index contributed by atoms with van der Waals surface area (Å²) in [6.07, 6.45) is 2.74. The molecule has 0 radical (unpaired) electrons. The molecular weight excluding hydrogens is 448 g/mol. The summed E-state index contributed by atoms with van der Waals surface area (Å²) in [4.78, 5) is 38.8. The number of nitrogens with zero attached hydrogens (tertiary/aromatic N) is 2. The minimum Gasteiger partial charge on any atom is -0.466 e. The van der Waals surface area contributed by atoms with Crippen LogP contribution in [0.15, 0.2) is 29.2 Å². The van der Waals surface area contributed by atoms with Crippen molar-refractivity contribution in [2.75, 3.05) is 32.8 Å². The molecule has 0 N–H and O–H groups in total. The van der Waals surface area contributed by atoms with Crippen molar-refractivity contribution in [3.05, 3.63) is 29.8 Å². The highest BCUT2D eigenvalue weighted by molar-refractivity contribution is 7.89. The van der Waals surface area contributed by atoms with Gasteiger partial charge in [-0.2, -0.15) is 4.31 Å². The van der Waals surface area contributed by atoms with Gasteiger partial charge < -0.3 is 14.4 Å². The van der Waals surface area contributed by atoms with E-state index in [-0.39, 0.29) is 28.3 Å². The predicted molar refractivity (Wildman–Crippen MR) is 120 cm³/mol. The minimum atomic E-state index is -3.58. The van der Waals surface area contributed by atoms with Gasteiger partial charge in [0.05, 0.1) is 23.0 Å². The van der Waals surface area contributed by atoms with Crippen molar-refractivity contribution in [2.24, 2.45) is 5.92 Å². The third-order valence-corrected chi connectivity index (χ3v) is 8.01. The van der Waals surface area contributed by atoms with E-state index in [1.54, 1.807) is 11.8 Å². The Morgan fingerprint density at radius 3 is 2.18 bits per heavy atom. The van der Waals surface area contributed by atoms with Crippen molar-refractivity contribution in [2.45, 2.75) is 57.0 Å². The number of hydrogen-bond acceptors (Lipinski definition) is 7. The average Bonchev–Trinajstić information content (AvgIpc) is 2.84. The number of amides is 1. The maximum atomic E-state index is 12.7. The van der Waals surface area contributed by atoms with Crippen LogP contribution in [0.4, 0.5) is 0 Å². The smallest absolute Gasteiger partial charge is 0.338 e. The van der Waals surface area contributed by atoms with Crippen LogP contribution in [-0.4, -0.2) is 74.4 Å². The van der Waals surface area contributed by atoms with Crippen molar-refractivity contribution in [1.29, 1.82) is 0 Å². The molecule has 2 fully saturated rings. The number of hydrogen-bond donors (Lipinski definition) is 0. The van der Waals surface area contributed by atoms with Crippen molar-refractivity contribution >= 4 is 27.9 Å². The van der Waals surface area contributed by atoms with Gasteiger partial charge in [-0.1, -0.05) is 6.42 Å². The Hall–Kier alpha value is -2.46. The zero-order valence-electron chi connectivity index (χ0n) is 19.2. The Morgan fingerprint density at radius 1 is 1.00 bits per heavy atom. The Morgan fingerprint density at radius 2 is 1.61 bits per heavy atom. The lowest BCUT2D eigenvalue weighted by molar-refractivity contribution is -0.152. The van der Waals surface area contributed by atoms with Crippen molar-refractivity contribution in [3.8, 4) is 0 Å². The summed E-state index contributed by atoms with van der Waals surface area (Å²) >= 11 is 0. The SMILES string of the molecule is CCOC(=O)C1CCN(C(=O)C(C)OC(=O)c2ccc(S(=O)(=O)N3CCCCC3)cc2)CC1. The van der Waals surface area contributed by atoms with E-state index in [9.17, 15) is 22.8 Å². The first-order chi connectivity index (χ1) is 15.7. The highest BCUT2D eigenvalue weighted by Gasteiger charge is 2.32. The monoisotopic (exact) mass is 480 g/mol. The van der Waals surface area contributed by atoms with E-state index in [0.717, 1.165) is 19.3 Å². The minimum absolute atomic E-state index is 0.134. The molecule has 2 saturated heterocycles. The Balaban J connectivity index is 1.54. The van der Waals surface area contributed by atoms with Crippen LogP contribution in [0.25, 0.3) is 0 Å². The molecule has 9 nitrogen and oxygen atoms in total. The summed E-state index contributed by atoms with van der Waals surface area (Å²) in [5.74, 6) is -1.48. The van der Waals surface area contributed by atoms with E-state index in [4.69, 9.17) is 9.47 Å². The van der Waals surface area contributed by atoms with Crippen molar-refractivity contribution in [3.63, 3.8) is 0 Å². The standard InChI is InChI=1S/C23H32N2O7S/c1-3-31-22(27)19-11-15-24(16-12-19)21(26)17(2)32-23(28)18-7-9-20(10-8-18)33(29,30)25-13-5-4-6-14-25/h7-10,17,19H,3-6,11-16H2,1-2H3. The number of carbonyl (C=O) groups is 3. The summed E-state index contributed by atoms with van der Waals surface area (Å²) in [6.45, 7) is 5.39. The van der Waals surface area contributed by atoms with Gasteiger partial charge in [0.1, 0.15) is 0 Å². The fourth-order valence-electron chi connectivity index (χ4n) is 4.15. The number of sulfonamides is 1. The Labute approximate surface area is 195 Å². The molecule has 1 amide bonds. The summed E-state index contributed by atoms with van der Waals surface area (Å²) in [5, 5.41) is 0. The van der Waals surface area contributed by atoms with Crippen molar-refractivity contribution in [1.82, 2.24) is 9.21 Å². The highest BCUT2D eigenvalue weighted by atomic mass is 32.2. The molecule has 33 heavy (non-hydrogen) atoms. The van der Waals surface area contributed by atoms with Crippen LogP contribution in [0.5, 0.6) is 0 Å². The number of esters is 2. The van der Waals surface area contributed by atoms with Crippen LogP contribution < -0.4 is 0 Å². The van der Waals surface area contributed by atoms with Crippen LogP contribution >= 0.6 is 0 Å². The Kier molecular flexibility index (Phi) is 8.47. The first-order valence-electron chi connectivity index (χ1n) is 11.5. The van der Waals surface area contributed by atoms with E-state index >= 15 is 0 Å². The van der Waals surface area contributed by atoms with Gasteiger partial charge in [0.25, 0.3) is 5.91 Å². The third-order valence-electron chi connectivity index (χ3n) is 6.10. The van der Waals surface area contributed by atoms with Crippen molar-refractivity contribution < 1.29 is 32.3 Å². The summed E-state index contributed by atoms with van der Waals surface area (Å²) in [5.41, 5.74) is 0.174. The highest BCUT2D eigenvalue weighted by Crippen LogP contribution is 2.22. The Bertz CT molecular complexity index is 948. The second kappa shape index (κ2) is 11.1. The van der Waals surface area contributed by atoms with Gasteiger partial charge in [-0.3, -0.25) is 9.59 Å². The van der Waals surface area contributed by atoms with Crippen LogP contribution in [0.2, 0.25) is 0 Å². The van der Waals surface area contributed by atoms with Crippen LogP contribution in [0.1, 0.15) is 56.3 Å². The summed E-state index contributed by atoms with van der Waals surface area (Å²) in [7, 11) is -3.58. The zero-order valence-corrected chi connectivity index (χ0v) is 20.0. The molecule has 2 aliphatic heterocycles. The van der Waals surface area contributed by atoms with E-state index in [1.807, 2.05) is 0 Å². The molecule has 1 unspecified atom stereocenters. The fourth-order valence-corrected chi connectivity index (χ4v) is 5.67. The van der Waals surface area contributed by atoms with Crippen LogP contribution in [-0.2, 0) is 29.1 Å². The molecule has 3 rings (SSSR count). The average molecular weight is 481 g/mol. The van der Waals surface area contributed by atoms with E-state index in [2.05, 4.69) is 0 Å². The molecule has 0 spiro atoms. The van der Waals surface area contributed by atoms with E-state index in [1.165, 1.54) is 35.5 Å². The van der Waals surface area contributed by atoms with Crippen LogP contribution in [0, 0.1) is 5.92 Å². The molecule has 2 aliphatic rings. The lowest BCUT2D eigenvalue weighted by atomic mass is 9.97. The molecular formula is C23H32N2O7S. The molecule has 2 heterocycles. The van der Waals surface area contributed by atoms with Gasteiger partial charge in [-0.15, -0.1) is 0 Å². The molecule has 1 atom stereocenters. The van der Waals surface area contributed by atoms with Gasteiger partial charge >= 0.3 is 11.9 Å². The quantitative estimate of drug-likeness (QED) is 0.550. The number of carbonyl (C=O) groups excluding carboxylic acids is 3. The zero-order chi connectivity index (χ0) is 24.0. The number of ether oxygens (including phenoxy) is 2. The molecule has 0 bridgehead atoms. The number of likely N-dealkylation sites (tertiary alicyclic amines) is 1. The first-order valence-corrected chi connectivity index (χ1v) is 12.9. The molecule has 1 aromatic rings.